The van der Waals surface area contributed by atoms with Crippen LogP contribution >= 0.6 is 34.7 Å². The minimum absolute atomic E-state index is 0.0736. The van der Waals surface area contributed by atoms with Crippen LogP contribution in [0.15, 0.2) is 51.1 Å². The minimum Gasteiger partial charge on any atom is -0.377 e. The number of nitrogens with zero attached hydrogens (tertiary/aromatic N) is 6. The van der Waals surface area contributed by atoms with Crippen LogP contribution in [0.4, 0.5) is 5.82 Å². The lowest BCUT2D eigenvalue weighted by Gasteiger charge is -2.42. The van der Waals surface area contributed by atoms with Crippen molar-refractivity contribution in [3.05, 3.63) is 62.3 Å². The van der Waals surface area contributed by atoms with Crippen LogP contribution in [0.3, 0.4) is 0 Å². The summed E-state index contributed by atoms with van der Waals surface area (Å²) < 4.78 is 7.02. The van der Waals surface area contributed by atoms with Crippen molar-refractivity contribution in [3.63, 3.8) is 0 Å². The molecule has 1 atom stereocenters. The van der Waals surface area contributed by atoms with Gasteiger partial charge in [-0.1, -0.05) is 23.4 Å². The molecule has 1 spiro atoms. The third-order valence-electron chi connectivity index (χ3n) is 8.05. The van der Waals surface area contributed by atoms with Gasteiger partial charge < -0.3 is 15.4 Å². The highest BCUT2D eigenvalue weighted by atomic mass is 35.5. The van der Waals surface area contributed by atoms with E-state index in [4.69, 9.17) is 27.1 Å². The molecule has 1 saturated heterocycles. The van der Waals surface area contributed by atoms with Gasteiger partial charge in [-0.2, -0.15) is 0 Å². The number of hydrogen-bond donors (Lipinski definition) is 1. The van der Waals surface area contributed by atoms with Crippen LogP contribution in [0.2, 0.25) is 5.02 Å². The molecule has 9 nitrogen and oxygen atoms in total. The topological polar surface area (TPSA) is 112 Å². The van der Waals surface area contributed by atoms with E-state index in [-0.39, 0.29) is 17.0 Å². The smallest absolute Gasteiger partial charge is 0.262 e. The minimum atomic E-state index is -0.516. The number of thiazole rings is 1. The van der Waals surface area contributed by atoms with Gasteiger partial charge in [-0.3, -0.25) is 9.36 Å². The highest BCUT2D eigenvalue weighted by Crippen LogP contribution is 2.51. The quantitative estimate of drug-likeness (QED) is 0.344. The van der Waals surface area contributed by atoms with E-state index in [1.54, 1.807) is 24.6 Å². The third kappa shape index (κ3) is 4.84. The molecule has 0 amide bonds. The van der Waals surface area contributed by atoms with Gasteiger partial charge >= 0.3 is 0 Å². The molecule has 3 aromatic heterocycles. The van der Waals surface area contributed by atoms with Crippen molar-refractivity contribution in [2.24, 2.45) is 11.1 Å². The van der Waals surface area contributed by atoms with Crippen LogP contribution in [-0.2, 0) is 17.7 Å². The van der Waals surface area contributed by atoms with Crippen LogP contribution in [0.1, 0.15) is 43.3 Å². The van der Waals surface area contributed by atoms with E-state index < -0.39 is 5.60 Å². The Bertz CT molecular complexity index is 1580. The molecule has 39 heavy (non-hydrogen) atoms. The second kappa shape index (κ2) is 10.1. The zero-order valence-corrected chi connectivity index (χ0v) is 24.4. The van der Waals surface area contributed by atoms with E-state index in [0.29, 0.717) is 27.5 Å². The van der Waals surface area contributed by atoms with E-state index >= 15 is 0 Å². The van der Waals surface area contributed by atoms with Crippen LogP contribution in [0.25, 0.3) is 10.9 Å². The van der Waals surface area contributed by atoms with E-state index in [0.717, 1.165) is 43.1 Å². The Hall–Kier alpha value is -2.57. The van der Waals surface area contributed by atoms with E-state index in [2.05, 4.69) is 19.9 Å². The number of fused-ring (bicyclic) bond motifs is 2. The Morgan fingerprint density at radius 1 is 1.21 bits per heavy atom. The van der Waals surface area contributed by atoms with Gasteiger partial charge in [0.2, 0.25) is 0 Å². The Balaban J connectivity index is 1.16. The molecular formula is C27H30ClN7O2S2. The number of aromatic nitrogens is 5. The first kappa shape index (κ1) is 26.6. The fourth-order valence-corrected chi connectivity index (χ4v) is 7.62. The molecule has 4 heterocycles. The van der Waals surface area contributed by atoms with Gasteiger partial charge in [0.25, 0.3) is 5.56 Å². The van der Waals surface area contributed by atoms with Crippen molar-refractivity contribution in [1.29, 1.82) is 0 Å². The van der Waals surface area contributed by atoms with Gasteiger partial charge in [0.1, 0.15) is 10.8 Å². The van der Waals surface area contributed by atoms with Gasteiger partial charge in [-0.05, 0) is 50.7 Å². The second-order valence-corrected chi connectivity index (χ2v) is 13.2. The zero-order valence-electron chi connectivity index (χ0n) is 22.1. The molecule has 0 radical (unpaired) electrons. The fraction of sp³-hybridized carbons (Fsp3) is 0.444. The molecule has 1 aliphatic carbocycles. The van der Waals surface area contributed by atoms with Gasteiger partial charge in [-0.15, -0.1) is 11.3 Å². The van der Waals surface area contributed by atoms with Crippen molar-refractivity contribution in [2.75, 3.05) is 25.1 Å². The maximum absolute atomic E-state index is 13.3. The van der Waals surface area contributed by atoms with Gasteiger partial charge in [0.15, 0.2) is 0 Å². The van der Waals surface area contributed by atoms with Gasteiger partial charge in [0, 0.05) is 36.0 Å². The molecular weight excluding hydrogens is 554 g/mol. The summed E-state index contributed by atoms with van der Waals surface area (Å²) in [6.07, 6.45) is 8.10. The molecule has 204 valence electrons. The van der Waals surface area contributed by atoms with Crippen LogP contribution < -0.4 is 16.2 Å². The summed E-state index contributed by atoms with van der Waals surface area (Å²) >= 11 is 9.81. The lowest BCUT2D eigenvalue weighted by Crippen LogP contribution is -2.44. The molecule has 1 fully saturated rings. The zero-order chi connectivity index (χ0) is 27.4. The van der Waals surface area contributed by atoms with Gasteiger partial charge in [-0.25, -0.2) is 19.9 Å². The lowest BCUT2D eigenvalue weighted by atomic mass is 9.74. The molecule has 0 unspecified atom stereocenters. The monoisotopic (exact) mass is 583 g/mol. The normalized spacial score (nSPS) is 18.7. The molecule has 1 aliphatic heterocycles. The Kier molecular flexibility index (Phi) is 6.91. The summed E-state index contributed by atoms with van der Waals surface area (Å²) in [5.41, 5.74) is 9.69. The van der Waals surface area contributed by atoms with Crippen molar-refractivity contribution in [3.8, 4) is 0 Å². The number of anilines is 1. The number of nitrogens with two attached hydrogens (primary N) is 1. The van der Waals surface area contributed by atoms with Crippen LogP contribution in [-0.4, -0.2) is 50.3 Å². The molecule has 4 aromatic rings. The predicted octanol–water partition coefficient (Wildman–Crippen LogP) is 4.72. The number of rotatable bonds is 6. The average molecular weight is 584 g/mol. The number of methoxy groups -OCH3 is 1. The Morgan fingerprint density at radius 3 is 2.69 bits per heavy atom. The average Bonchev–Trinajstić information content (AvgIpc) is 3.49. The molecule has 0 saturated carbocycles. The highest BCUT2D eigenvalue weighted by Gasteiger charge is 2.47. The molecule has 2 N–H and O–H groups in total. The summed E-state index contributed by atoms with van der Waals surface area (Å²) in [5, 5.41) is 1.45. The van der Waals surface area contributed by atoms with Crippen molar-refractivity contribution >= 4 is 51.4 Å². The van der Waals surface area contributed by atoms with Crippen molar-refractivity contribution < 1.29 is 4.74 Å². The number of halogens is 1. The Morgan fingerprint density at radius 2 is 2.00 bits per heavy atom. The second-order valence-electron chi connectivity index (χ2n) is 10.9. The molecule has 6 rings (SSSR count). The number of hydrogen-bond acceptors (Lipinski definition) is 10. The first-order chi connectivity index (χ1) is 18.7. The van der Waals surface area contributed by atoms with Crippen molar-refractivity contribution in [1.82, 2.24) is 24.5 Å². The standard InChI is InChI=1S/C27H30ClN7O2S2/c1-26(2,37-3)13-35-14-32-16-4-5-18(22(28)21(16)25(35)36)39-20-12-30-19(11-31-20)34-8-6-27(7-9-34)10-17-23(24(27)29)38-15-33-17/h4-5,11-12,14-15,24H,6-10,13,29H2,1-3H3/t24-/m1/s1. The van der Waals surface area contributed by atoms with Gasteiger partial charge in [0.05, 0.1) is 58.0 Å². The number of ether oxygens (including phenoxy) is 1. The maximum Gasteiger partial charge on any atom is 0.262 e. The predicted molar refractivity (Wildman–Crippen MR) is 155 cm³/mol. The van der Waals surface area contributed by atoms with E-state index in [1.807, 2.05) is 37.7 Å². The largest absolute Gasteiger partial charge is 0.377 e. The summed E-state index contributed by atoms with van der Waals surface area (Å²) in [4.78, 5) is 35.8. The molecule has 0 bridgehead atoms. The SMILES string of the molecule is COC(C)(C)Cn1cnc2ccc(Sc3cnc(N4CCC5(CC4)Cc4ncsc4[C@H]5N)cn3)c(Cl)c2c1=O. The van der Waals surface area contributed by atoms with E-state index in [9.17, 15) is 4.79 Å². The first-order valence-corrected chi connectivity index (χ1v) is 14.9. The third-order valence-corrected chi connectivity index (χ3v) is 10.5. The molecule has 12 heteroatoms. The summed E-state index contributed by atoms with van der Waals surface area (Å²) in [6, 6.07) is 3.75. The highest BCUT2D eigenvalue weighted by molar-refractivity contribution is 7.99. The Labute approximate surface area is 239 Å². The van der Waals surface area contributed by atoms with Crippen LogP contribution in [0, 0.1) is 5.41 Å². The number of piperidine rings is 1. The molecule has 1 aromatic carbocycles. The summed E-state index contributed by atoms with van der Waals surface area (Å²) in [7, 11) is 1.62. The summed E-state index contributed by atoms with van der Waals surface area (Å²) in [5.74, 6) is 0.853. The number of benzene rings is 1. The first-order valence-electron chi connectivity index (χ1n) is 12.9. The molecule has 2 aliphatic rings. The van der Waals surface area contributed by atoms with Crippen LogP contribution in [0.5, 0.6) is 0 Å². The fourth-order valence-electron chi connectivity index (χ4n) is 5.54. The van der Waals surface area contributed by atoms with E-state index in [1.165, 1.54) is 33.2 Å². The maximum atomic E-state index is 13.3. The van der Waals surface area contributed by atoms with Crippen molar-refractivity contribution in [2.45, 2.75) is 61.2 Å². The lowest BCUT2D eigenvalue weighted by molar-refractivity contribution is 0.00728. The summed E-state index contributed by atoms with van der Waals surface area (Å²) in [6.45, 7) is 5.98.